The van der Waals surface area contributed by atoms with Crippen LogP contribution in [0.5, 0.6) is 0 Å². The van der Waals surface area contributed by atoms with E-state index >= 15 is 0 Å². The van der Waals surface area contributed by atoms with E-state index < -0.39 is 10.0 Å². The fraction of sp³-hybridized carbons (Fsp3) is 0. The Labute approximate surface area is 143 Å². The fourth-order valence-corrected chi connectivity index (χ4v) is 1.28. The Kier molecular flexibility index (Phi) is 10.3. The van der Waals surface area contributed by atoms with Crippen molar-refractivity contribution in [3.63, 3.8) is 0 Å². The maximum atomic E-state index is 10.8. The number of benzene rings is 1. The molecule has 0 radical (unpaired) electrons. The molecule has 10 heteroatoms. The molecule has 1 rings (SSSR count). The van der Waals surface area contributed by atoms with Crippen LogP contribution in [0.2, 0.25) is 0 Å². The minimum absolute atomic E-state index is 0. The Morgan fingerprint density at radius 2 is 1.76 bits per heavy atom. The van der Waals surface area contributed by atoms with E-state index in [1.54, 1.807) is 0 Å². The van der Waals surface area contributed by atoms with Gasteiger partial charge in [-0.25, -0.2) is 13.8 Å². The monoisotopic (exact) mass is 269 g/mol. The van der Waals surface area contributed by atoms with Crippen LogP contribution in [0.25, 0.3) is 10.6 Å². The van der Waals surface area contributed by atoms with Crippen LogP contribution < -0.4 is 59.1 Å². The van der Waals surface area contributed by atoms with E-state index in [2.05, 4.69) is 15.8 Å². The van der Waals surface area contributed by atoms with Gasteiger partial charge in [0, 0.05) is 16.8 Å². The Bertz CT molecular complexity index is 508. The van der Waals surface area contributed by atoms with E-state index in [0.717, 1.165) is 0 Å². The molecule has 0 aliphatic heterocycles. The summed E-state index contributed by atoms with van der Waals surface area (Å²) in [6.45, 7) is 0. The van der Waals surface area contributed by atoms with Crippen LogP contribution in [0.3, 0.4) is 0 Å². The molecule has 0 spiro atoms. The van der Waals surface area contributed by atoms with Crippen molar-refractivity contribution in [2.75, 3.05) is 0 Å². The van der Waals surface area contributed by atoms with Gasteiger partial charge in [-0.15, -0.1) is 0 Å². The molecule has 0 heterocycles. The summed E-state index contributed by atoms with van der Waals surface area (Å²) in [6, 6.07) is 5.17. The van der Waals surface area contributed by atoms with E-state index in [1.165, 1.54) is 30.5 Å². The van der Waals surface area contributed by atoms with E-state index in [0.29, 0.717) is 5.69 Å². The van der Waals surface area contributed by atoms with E-state index in [-0.39, 0.29) is 64.0 Å². The minimum atomic E-state index is -3.94. The van der Waals surface area contributed by atoms with Crippen molar-refractivity contribution in [2.45, 2.75) is 4.90 Å². The molecule has 0 saturated heterocycles. The number of nitrogens with zero attached hydrogens (tertiary/aromatic N) is 4. The molecule has 0 fully saturated rings. The first-order valence-electron chi connectivity index (χ1n) is 3.63. The zero-order chi connectivity index (χ0) is 11.3. The summed E-state index contributed by atoms with van der Waals surface area (Å²) >= 11 is 0. The standard InChI is InChI=1S/C7H5N5O2S.2Na/c8-5-10-12-11-6-1-3-7(4-2-6)15(9,13)14;;/h1-4H,(H-2,9,10,11,13,14);;/q-2;2*+1. The first kappa shape index (κ1) is 19.4. The maximum Gasteiger partial charge on any atom is 1.00 e. The van der Waals surface area contributed by atoms with Gasteiger partial charge in [-0.1, -0.05) is 0 Å². The van der Waals surface area contributed by atoms with Crippen molar-refractivity contribution in [1.82, 2.24) is 0 Å². The predicted molar refractivity (Wildman–Crippen MR) is 51.4 cm³/mol. The van der Waals surface area contributed by atoms with Crippen LogP contribution in [-0.4, -0.2) is 8.42 Å². The number of nitrogens with one attached hydrogen (secondary N) is 1. The SMILES string of the molecule is N#C[N-]N=Nc1ccc(S([NH-])(=O)=O)cc1.[Na+].[Na+]. The number of nitriles is 1. The van der Waals surface area contributed by atoms with Crippen LogP contribution in [-0.2, 0) is 10.0 Å². The Morgan fingerprint density at radius 1 is 1.24 bits per heavy atom. The zero-order valence-electron chi connectivity index (χ0n) is 9.32. The number of sulfonamides is 1. The topological polar surface area (TPSA) is 121 Å². The molecule has 0 atom stereocenters. The second-order valence-corrected chi connectivity index (χ2v) is 3.87. The summed E-state index contributed by atoms with van der Waals surface area (Å²) in [5, 5.41) is 21.4. The van der Waals surface area contributed by atoms with E-state index in [9.17, 15) is 8.42 Å². The molecule has 7 nitrogen and oxygen atoms in total. The Balaban J connectivity index is 0. The second kappa shape index (κ2) is 9.02. The third kappa shape index (κ3) is 7.13. The van der Waals surface area contributed by atoms with Gasteiger partial charge < -0.3 is 10.4 Å². The summed E-state index contributed by atoms with van der Waals surface area (Å²) in [7, 11) is -3.94. The average Bonchev–Trinajstić information content (AvgIpc) is 2.18. The Hall–Kier alpha value is 0.0200. The van der Waals surface area contributed by atoms with Crippen molar-refractivity contribution in [2.24, 2.45) is 10.3 Å². The second-order valence-electron chi connectivity index (χ2n) is 2.39. The smallest absolute Gasteiger partial charge is 0.560 e. The van der Waals surface area contributed by atoms with Gasteiger partial charge >= 0.3 is 59.1 Å². The molecule has 78 valence electrons. The number of hydrogen-bond acceptors (Lipinski definition) is 5. The van der Waals surface area contributed by atoms with Gasteiger partial charge in [0.05, 0.1) is 10.0 Å². The van der Waals surface area contributed by atoms with Crippen LogP contribution in [0.15, 0.2) is 39.5 Å². The van der Waals surface area contributed by atoms with Gasteiger partial charge in [-0.2, -0.15) is 5.22 Å². The van der Waals surface area contributed by atoms with Crippen LogP contribution >= 0.6 is 0 Å². The van der Waals surface area contributed by atoms with Crippen LogP contribution in [0.4, 0.5) is 5.69 Å². The third-order valence-electron chi connectivity index (χ3n) is 1.40. The molecular weight excluding hydrogens is 264 g/mol. The van der Waals surface area contributed by atoms with Gasteiger partial charge in [-0.05, 0) is 24.3 Å². The fourth-order valence-electron chi connectivity index (χ4n) is 0.786. The molecule has 0 bridgehead atoms. The quantitative estimate of drug-likeness (QED) is 0.243. The van der Waals surface area contributed by atoms with Gasteiger partial charge in [0.25, 0.3) is 0 Å². The molecule has 0 aliphatic carbocycles. The maximum absolute atomic E-state index is 10.8. The van der Waals surface area contributed by atoms with E-state index in [4.69, 9.17) is 10.4 Å². The molecule has 0 aromatic heterocycles. The summed E-state index contributed by atoms with van der Waals surface area (Å²) in [5.74, 6) is 0. The average molecular weight is 269 g/mol. The van der Waals surface area contributed by atoms with Gasteiger partial charge in [-0.3, -0.25) is 5.11 Å². The molecule has 0 amide bonds. The Morgan fingerprint density at radius 3 is 2.18 bits per heavy atom. The first-order chi connectivity index (χ1) is 7.04. The molecule has 1 N–H and O–H groups in total. The third-order valence-corrected chi connectivity index (χ3v) is 2.29. The van der Waals surface area contributed by atoms with Gasteiger partial charge in [0.1, 0.15) is 0 Å². The normalized spacial score (nSPS) is 9.88. The summed E-state index contributed by atoms with van der Waals surface area (Å²) in [6.07, 6.45) is 1.41. The number of rotatable bonds is 3. The van der Waals surface area contributed by atoms with Crippen molar-refractivity contribution < 1.29 is 67.5 Å². The van der Waals surface area contributed by atoms with E-state index in [1.807, 2.05) is 0 Å². The van der Waals surface area contributed by atoms with Crippen molar-refractivity contribution in [1.29, 1.82) is 5.26 Å². The molecule has 17 heavy (non-hydrogen) atoms. The molecular formula is C7H5N5Na2O2S. The number of hydrogen-bond donors (Lipinski definition) is 0. The van der Waals surface area contributed by atoms with Gasteiger partial charge in [0.15, 0.2) is 0 Å². The largest absolute Gasteiger partial charge is 1.00 e. The molecule has 0 aliphatic rings. The van der Waals surface area contributed by atoms with Crippen molar-refractivity contribution >= 4 is 15.7 Å². The first-order valence-corrected chi connectivity index (χ1v) is 5.12. The minimum Gasteiger partial charge on any atom is -0.560 e. The molecule has 0 saturated carbocycles. The summed E-state index contributed by atoms with van der Waals surface area (Å²) < 4.78 is 21.5. The van der Waals surface area contributed by atoms with Crippen LogP contribution in [0.1, 0.15) is 0 Å². The summed E-state index contributed by atoms with van der Waals surface area (Å²) in [4.78, 5) is -0.126. The van der Waals surface area contributed by atoms with Crippen LogP contribution in [0, 0.1) is 11.5 Å². The van der Waals surface area contributed by atoms with Gasteiger partial charge in [0.2, 0.25) is 0 Å². The van der Waals surface area contributed by atoms with Crippen molar-refractivity contribution in [3.8, 4) is 6.19 Å². The summed E-state index contributed by atoms with van der Waals surface area (Å²) in [5.41, 5.74) is 3.30. The molecule has 1 aromatic carbocycles. The molecule has 0 unspecified atom stereocenters. The van der Waals surface area contributed by atoms with Crippen molar-refractivity contribution in [3.05, 3.63) is 34.8 Å². The zero-order valence-corrected chi connectivity index (χ0v) is 14.1. The molecule has 1 aromatic rings. The predicted octanol–water partition coefficient (Wildman–Crippen LogP) is -3.71.